The summed E-state index contributed by atoms with van der Waals surface area (Å²) in [5.74, 6) is 2.33. The van der Waals surface area contributed by atoms with Gasteiger partial charge in [0.15, 0.2) is 0 Å². The van der Waals surface area contributed by atoms with Crippen molar-refractivity contribution in [1.82, 2.24) is 4.90 Å². The van der Waals surface area contributed by atoms with E-state index in [4.69, 9.17) is 10.8 Å². The first-order valence-electron chi connectivity index (χ1n) is 11.5. The van der Waals surface area contributed by atoms with Gasteiger partial charge in [-0.15, -0.1) is 6.42 Å². The van der Waals surface area contributed by atoms with E-state index >= 15 is 0 Å². The summed E-state index contributed by atoms with van der Waals surface area (Å²) in [6.07, 6.45) is 4.15. The number of nitrogens with zero attached hydrogens (tertiary/aromatic N) is 2. The minimum Gasteiger partial charge on any atom is -0.465 e. The van der Waals surface area contributed by atoms with Crippen LogP contribution in [0.5, 0.6) is 0 Å². The molecule has 7 nitrogen and oxygen atoms in total. The average molecular weight is 503 g/mol. The van der Waals surface area contributed by atoms with Crippen molar-refractivity contribution in [2.75, 3.05) is 6.54 Å². The Balaban J connectivity index is 2.11. The van der Waals surface area contributed by atoms with E-state index in [2.05, 4.69) is 51.0 Å². The van der Waals surface area contributed by atoms with Crippen LogP contribution in [0, 0.1) is 22.5 Å². The van der Waals surface area contributed by atoms with Gasteiger partial charge in [-0.25, -0.2) is 4.79 Å². The SMILES string of the molecule is C#CCN(Cc1cc([N+](=O)[O-])ccc1CO[Si](c1ccccc1)(c1ccccc1)C(C)(C)C)C(=O)O. The number of hydrogen-bond acceptors (Lipinski definition) is 4. The number of terminal acetylenes is 1. The predicted molar refractivity (Wildman–Crippen MR) is 143 cm³/mol. The van der Waals surface area contributed by atoms with E-state index in [1.807, 2.05) is 36.4 Å². The van der Waals surface area contributed by atoms with Crippen LogP contribution < -0.4 is 10.4 Å². The normalized spacial score (nSPS) is 11.5. The Kier molecular flexibility index (Phi) is 8.30. The zero-order valence-corrected chi connectivity index (χ0v) is 21.7. The highest BCUT2D eigenvalue weighted by atomic mass is 28.4. The summed E-state index contributed by atoms with van der Waals surface area (Å²) in [5, 5.41) is 23.0. The lowest BCUT2D eigenvalue weighted by Crippen LogP contribution is -2.66. The Bertz CT molecular complexity index is 1210. The van der Waals surface area contributed by atoms with Gasteiger partial charge in [0.05, 0.1) is 24.6 Å². The summed E-state index contributed by atoms with van der Waals surface area (Å²) in [7, 11) is -2.86. The van der Waals surface area contributed by atoms with E-state index in [1.54, 1.807) is 6.07 Å². The van der Waals surface area contributed by atoms with Gasteiger partial charge < -0.3 is 9.53 Å². The van der Waals surface area contributed by atoms with Gasteiger partial charge in [0.1, 0.15) is 0 Å². The molecule has 0 atom stereocenters. The molecule has 186 valence electrons. The molecular weight excluding hydrogens is 472 g/mol. The highest BCUT2D eigenvalue weighted by molar-refractivity contribution is 6.99. The smallest absolute Gasteiger partial charge is 0.408 e. The standard InChI is InChI=1S/C28H30N2O5Si/c1-5-18-29(27(31)32)20-23-19-24(30(33)34)17-16-22(23)21-35-36(28(2,3)4,25-12-8-6-9-13-25)26-14-10-7-11-15-26/h1,6-17,19H,18,20-21H2,2-4H3,(H,31,32). The molecule has 0 heterocycles. The number of nitro groups is 1. The molecule has 0 spiro atoms. The zero-order valence-electron chi connectivity index (χ0n) is 20.7. The van der Waals surface area contributed by atoms with Crippen LogP contribution in [0.2, 0.25) is 5.04 Å². The molecule has 3 aromatic carbocycles. The lowest BCUT2D eigenvalue weighted by atomic mass is 10.1. The maximum Gasteiger partial charge on any atom is 0.408 e. The second-order valence-electron chi connectivity index (χ2n) is 9.50. The lowest BCUT2D eigenvalue weighted by molar-refractivity contribution is -0.384. The van der Waals surface area contributed by atoms with Gasteiger partial charge in [0, 0.05) is 12.1 Å². The van der Waals surface area contributed by atoms with Crippen LogP contribution in [0.1, 0.15) is 31.9 Å². The molecule has 0 aliphatic heterocycles. The molecule has 0 unspecified atom stereocenters. The van der Waals surface area contributed by atoms with Crippen LogP contribution in [-0.2, 0) is 17.6 Å². The van der Waals surface area contributed by atoms with Gasteiger partial charge in [0.2, 0.25) is 0 Å². The number of rotatable bonds is 9. The van der Waals surface area contributed by atoms with Crippen LogP contribution in [0.25, 0.3) is 0 Å². The Hall–Kier alpha value is -3.93. The van der Waals surface area contributed by atoms with Gasteiger partial charge in [0.25, 0.3) is 14.0 Å². The van der Waals surface area contributed by atoms with Crippen molar-refractivity contribution in [2.24, 2.45) is 0 Å². The van der Waals surface area contributed by atoms with E-state index in [0.717, 1.165) is 15.3 Å². The molecule has 0 aliphatic rings. The topological polar surface area (TPSA) is 92.9 Å². The average Bonchev–Trinajstić information content (AvgIpc) is 2.85. The third-order valence-corrected chi connectivity index (χ3v) is 11.2. The molecule has 0 bridgehead atoms. The summed E-state index contributed by atoms with van der Waals surface area (Å²) in [4.78, 5) is 23.7. The second kappa shape index (κ2) is 11.2. The van der Waals surface area contributed by atoms with E-state index in [9.17, 15) is 20.0 Å². The van der Waals surface area contributed by atoms with E-state index < -0.39 is 19.3 Å². The van der Waals surface area contributed by atoms with Gasteiger partial charge in [-0.3, -0.25) is 15.0 Å². The maximum absolute atomic E-state index is 11.7. The Morgan fingerprint density at radius 2 is 1.58 bits per heavy atom. The first kappa shape index (κ1) is 26.7. The van der Waals surface area contributed by atoms with Crippen molar-refractivity contribution < 1.29 is 19.3 Å². The Labute approximate surface area is 212 Å². The quantitative estimate of drug-likeness (QED) is 0.197. The summed E-state index contributed by atoms with van der Waals surface area (Å²) in [5.41, 5.74) is 1.04. The molecule has 3 aromatic rings. The van der Waals surface area contributed by atoms with E-state index in [1.165, 1.54) is 12.1 Å². The number of carbonyl (C=O) groups is 1. The first-order valence-corrected chi connectivity index (χ1v) is 13.4. The van der Waals surface area contributed by atoms with Crippen LogP contribution >= 0.6 is 0 Å². The summed E-state index contributed by atoms with van der Waals surface area (Å²) in [6.45, 7) is 6.43. The second-order valence-corrected chi connectivity index (χ2v) is 13.8. The summed E-state index contributed by atoms with van der Waals surface area (Å²) >= 11 is 0. The fourth-order valence-corrected chi connectivity index (χ4v) is 9.00. The number of amides is 1. The Morgan fingerprint density at radius 3 is 2.03 bits per heavy atom. The highest BCUT2D eigenvalue weighted by Crippen LogP contribution is 2.37. The third-order valence-electron chi connectivity index (χ3n) is 6.18. The fourth-order valence-electron chi connectivity index (χ4n) is 4.47. The molecule has 0 radical (unpaired) electrons. The monoisotopic (exact) mass is 502 g/mol. The number of nitro benzene ring substituents is 1. The predicted octanol–water partition coefficient (Wildman–Crippen LogP) is 4.78. The molecule has 8 heteroatoms. The molecule has 3 rings (SSSR count). The Morgan fingerprint density at radius 1 is 1.03 bits per heavy atom. The van der Waals surface area contributed by atoms with E-state index in [0.29, 0.717) is 11.1 Å². The van der Waals surface area contributed by atoms with Crippen molar-refractivity contribution >= 4 is 30.5 Å². The van der Waals surface area contributed by atoms with Gasteiger partial charge in [-0.1, -0.05) is 87.4 Å². The zero-order chi connectivity index (χ0) is 26.3. The number of benzene rings is 3. The first-order chi connectivity index (χ1) is 17.1. The fraction of sp³-hybridized carbons (Fsp3) is 0.250. The minimum atomic E-state index is -2.86. The number of carboxylic acid groups (broad SMARTS) is 1. The van der Waals surface area contributed by atoms with Gasteiger partial charge in [-0.05, 0) is 32.6 Å². The molecule has 1 N–H and O–H groups in total. The molecule has 0 fully saturated rings. The lowest BCUT2D eigenvalue weighted by Gasteiger charge is -2.43. The summed E-state index contributed by atoms with van der Waals surface area (Å²) in [6, 6.07) is 24.7. The number of non-ortho nitro benzene ring substituents is 1. The van der Waals surface area contributed by atoms with Crippen LogP contribution in [0.15, 0.2) is 78.9 Å². The minimum absolute atomic E-state index is 0.0827. The van der Waals surface area contributed by atoms with Crippen LogP contribution in [-0.4, -0.2) is 35.9 Å². The van der Waals surface area contributed by atoms with Crippen LogP contribution in [0.3, 0.4) is 0 Å². The molecule has 36 heavy (non-hydrogen) atoms. The van der Waals surface area contributed by atoms with Gasteiger partial charge >= 0.3 is 6.09 Å². The largest absolute Gasteiger partial charge is 0.465 e. The molecule has 0 aromatic heterocycles. The molecular formula is C28H30N2O5Si. The van der Waals surface area contributed by atoms with Crippen molar-refractivity contribution in [2.45, 2.75) is 39.0 Å². The van der Waals surface area contributed by atoms with Gasteiger partial charge in [-0.2, -0.15) is 0 Å². The summed E-state index contributed by atoms with van der Waals surface area (Å²) < 4.78 is 6.96. The van der Waals surface area contributed by atoms with Crippen LogP contribution in [0.4, 0.5) is 10.5 Å². The van der Waals surface area contributed by atoms with Crippen molar-refractivity contribution in [3.63, 3.8) is 0 Å². The molecule has 0 saturated heterocycles. The molecule has 0 aliphatic carbocycles. The van der Waals surface area contributed by atoms with Crippen molar-refractivity contribution in [3.8, 4) is 12.3 Å². The highest BCUT2D eigenvalue weighted by Gasteiger charge is 2.50. The number of hydrogen-bond donors (Lipinski definition) is 1. The molecule has 1 amide bonds. The van der Waals surface area contributed by atoms with E-state index in [-0.39, 0.29) is 30.4 Å². The van der Waals surface area contributed by atoms with Crippen molar-refractivity contribution in [3.05, 3.63) is 100 Å². The molecule has 0 saturated carbocycles. The van der Waals surface area contributed by atoms with Crippen molar-refractivity contribution in [1.29, 1.82) is 0 Å². The maximum atomic E-state index is 11.7. The third kappa shape index (κ3) is 5.65.